The van der Waals surface area contributed by atoms with Gasteiger partial charge in [0.25, 0.3) is 0 Å². The van der Waals surface area contributed by atoms with E-state index in [9.17, 15) is 14.4 Å². The highest BCUT2D eigenvalue weighted by Crippen LogP contribution is 2.50. The summed E-state index contributed by atoms with van der Waals surface area (Å²) in [6, 6.07) is 4.24. The number of nitrogens with one attached hydrogen (secondary N) is 1. The third kappa shape index (κ3) is 6.16. The van der Waals surface area contributed by atoms with Crippen LogP contribution in [-0.4, -0.2) is 85.0 Å². The Labute approximate surface area is 221 Å². The van der Waals surface area contributed by atoms with Gasteiger partial charge in [0.05, 0.1) is 25.1 Å². The van der Waals surface area contributed by atoms with Gasteiger partial charge >= 0.3 is 17.9 Å². The van der Waals surface area contributed by atoms with E-state index in [4.69, 9.17) is 25.2 Å². The number of rotatable bonds is 9. The lowest BCUT2D eigenvalue weighted by molar-refractivity contribution is -0.170. The van der Waals surface area contributed by atoms with Crippen molar-refractivity contribution in [3.8, 4) is 0 Å². The number of aromatic amines is 1. The molecule has 11 heteroatoms. The lowest BCUT2D eigenvalue weighted by atomic mass is 9.69. The van der Waals surface area contributed by atoms with Crippen LogP contribution in [0.15, 0.2) is 18.3 Å². The molecule has 0 aromatic carbocycles. The van der Waals surface area contributed by atoms with E-state index in [2.05, 4.69) is 42.0 Å². The van der Waals surface area contributed by atoms with Crippen molar-refractivity contribution in [2.75, 3.05) is 20.7 Å². The summed E-state index contributed by atoms with van der Waals surface area (Å²) in [6.45, 7) is 3.13. The van der Waals surface area contributed by atoms with E-state index < -0.39 is 36.4 Å². The fourth-order valence-corrected chi connectivity index (χ4v) is 5.80. The molecule has 1 aliphatic carbocycles. The van der Waals surface area contributed by atoms with Gasteiger partial charge in [-0.1, -0.05) is 19.8 Å². The van der Waals surface area contributed by atoms with Gasteiger partial charge < -0.3 is 35.0 Å². The number of ether oxygens (including phenoxy) is 1. The average Bonchev–Trinajstić information content (AvgIpc) is 3.23. The van der Waals surface area contributed by atoms with Crippen LogP contribution >= 0.6 is 0 Å². The number of carboxylic acid groups (broad SMARTS) is 3. The van der Waals surface area contributed by atoms with Crippen LogP contribution in [0.4, 0.5) is 0 Å². The zero-order valence-corrected chi connectivity index (χ0v) is 22.3. The largest absolute Gasteiger partial charge is 0.481 e. The molecular weight excluding hydrogens is 494 g/mol. The number of aliphatic carboxylic acids is 3. The standard InChI is InChI=1S/C21H31N3O.C6H8O7/c1-4-5-9-20(24(2)3)10-12-21(13-11-20)18-16(8-15-25-21)17-7-6-14-22-19(17)23-18;7-3(8)1-6(13,5(11)12)2-4(9)10/h6-7,14H,4-5,8-13,15H2,1-3H3,(H,22,23);13H,1-2H2,(H,7,8)(H,9,10)(H,11,12). The Hall–Kier alpha value is -3.02. The molecule has 1 spiro atoms. The lowest BCUT2D eigenvalue weighted by Gasteiger charge is -2.50. The maximum atomic E-state index is 10.3. The zero-order valence-electron chi connectivity index (χ0n) is 22.3. The van der Waals surface area contributed by atoms with Crippen molar-refractivity contribution in [2.45, 2.75) is 87.9 Å². The molecule has 1 aliphatic heterocycles. The first-order valence-electron chi connectivity index (χ1n) is 13.0. The van der Waals surface area contributed by atoms with Crippen LogP contribution in [-0.2, 0) is 31.1 Å². The first-order chi connectivity index (χ1) is 17.9. The van der Waals surface area contributed by atoms with Gasteiger partial charge in [0.1, 0.15) is 11.2 Å². The maximum absolute atomic E-state index is 10.3. The summed E-state index contributed by atoms with van der Waals surface area (Å²) in [6.07, 6.45) is 9.10. The third-order valence-electron chi connectivity index (χ3n) is 8.08. The van der Waals surface area contributed by atoms with Gasteiger partial charge in [0.15, 0.2) is 5.60 Å². The SMILES string of the molecule is CCCCC1(N(C)C)CCC2(CC1)OCCc1c2[nH]c2ncccc12.O=C(O)CC(O)(CC(=O)O)C(=O)O. The molecule has 38 heavy (non-hydrogen) atoms. The molecule has 2 aromatic rings. The second kappa shape index (κ2) is 11.8. The molecule has 11 nitrogen and oxygen atoms in total. The van der Waals surface area contributed by atoms with Crippen molar-refractivity contribution < 1.29 is 39.5 Å². The van der Waals surface area contributed by atoms with Gasteiger partial charge in [-0.15, -0.1) is 0 Å². The number of unbranched alkanes of at least 4 members (excludes halogenated alkanes) is 1. The number of hydrogen-bond acceptors (Lipinski definition) is 7. The number of carboxylic acids is 3. The molecule has 5 N–H and O–H groups in total. The predicted octanol–water partition coefficient (Wildman–Crippen LogP) is 3.15. The number of hydrogen-bond donors (Lipinski definition) is 5. The van der Waals surface area contributed by atoms with E-state index in [-0.39, 0.29) is 5.60 Å². The van der Waals surface area contributed by atoms with Crippen molar-refractivity contribution in [3.05, 3.63) is 29.6 Å². The maximum Gasteiger partial charge on any atom is 0.336 e. The van der Waals surface area contributed by atoms with E-state index in [1.54, 1.807) is 0 Å². The van der Waals surface area contributed by atoms with Gasteiger partial charge in [-0.25, -0.2) is 9.78 Å². The molecule has 3 heterocycles. The number of carbonyl (C=O) groups is 3. The van der Waals surface area contributed by atoms with E-state index in [1.807, 2.05) is 12.3 Å². The number of pyridine rings is 1. The van der Waals surface area contributed by atoms with Crippen LogP contribution in [0.5, 0.6) is 0 Å². The first kappa shape index (κ1) is 29.5. The van der Waals surface area contributed by atoms with Gasteiger partial charge in [0.2, 0.25) is 0 Å². The quantitative estimate of drug-likeness (QED) is 0.322. The Bertz CT molecular complexity index is 1130. The molecule has 0 bridgehead atoms. The second-order valence-corrected chi connectivity index (χ2v) is 10.7. The molecular formula is C27H39N3O8. The molecule has 0 amide bonds. The van der Waals surface area contributed by atoms with Gasteiger partial charge in [-0.2, -0.15) is 0 Å². The van der Waals surface area contributed by atoms with Crippen LogP contribution in [0, 0.1) is 0 Å². The summed E-state index contributed by atoms with van der Waals surface area (Å²) in [7, 11) is 4.52. The molecule has 0 unspecified atom stereocenters. The van der Waals surface area contributed by atoms with Crippen LogP contribution in [0.25, 0.3) is 11.0 Å². The van der Waals surface area contributed by atoms with E-state index in [0.29, 0.717) is 5.54 Å². The minimum absolute atomic E-state index is 0.125. The summed E-state index contributed by atoms with van der Waals surface area (Å²) in [5.74, 6) is -5.02. The molecule has 0 atom stereocenters. The number of nitrogens with zero attached hydrogens (tertiary/aromatic N) is 2. The Kier molecular flexibility index (Phi) is 9.17. The molecule has 1 fully saturated rings. The monoisotopic (exact) mass is 533 g/mol. The lowest BCUT2D eigenvalue weighted by Crippen LogP contribution is -2.52. The minimum atomic E-state index is -2.74. The molecule has 0 radical (unpaired) electrons. The molecule has 1 saturated carbocycles. The van der Waals surface area contributed by atoms with Crippen molar-refractivity contribution >= 4 is 28.9 Å². The molecule has 4 rings (SSSR count). The van der Waals surface area contributed by atoms with Crippen LogP contribution < -0.4 is 0 Å². The smallest absolute Gasteiger partial charge is 0.336 e. The Morgan fingerprint density at radius 1 is 1.11 bits per heavy atom. The Morgan fingerprint density at radius 2 is 1.74 bits per heavy atom. The van der Waals surface area contributed by atoms with Crippen LogP contribution in [0.2, 0.25) is 0 Å². The molecule has 0 saturated heterocycles. The second-order valence-electron chi connectivity index (χ2n) is 10.7. The highest BCUT2D eigenvalue weighted by atomic mass is 16.5. The topological polar surface area (TPSA) is 173 Å². The van der Waals surface area contributed by atoms with E-state index in [1.165, 1.54) is 48.7 Å². The van der Waals surface area contributed by atoms with Crippen molar-refractivity contribution in [1.82, 2.24) is 14.9 Å². The minimum Gasteiger partial charge on any atom is -0.481 e. The normalized spacial score (nSPS) is 23.1. The summed E-state index contributed by atoms with van der Waals surface area (Å²) >= 11 is 0. The summed E-state index contributed by atoms with van der Waals surface area (Å²) < 4.78 is 6.46. The van der Waals surface area contributed by atoms with E-state index >= 15 is 0 Å². The van der Waals surface area contributed by atoms with E-state index in [0.717, 1.165) is 31.5 Å². The Balaban J connectivity index is 0.000000263. The zero-order chi connectivity index (χ0) is 28.1. The first-order valence-corrected chi connectivity index (χ1v) is 13.0. The van der Waals surface area contributed by atoms with Gasteiger partial charge in [-0.05, 0) is 70.3 Å². The molecule has 2 aromatic heterocycles. The van der Waals surface area contributed by atoms with Gasteiger partial charge in [0, 0.05) is 17.1 Å². The highest BCUT2D eigenvalue weighted by Gasteiger charge is 2.48. The highest BCUT2D eigenvalue weighted by molar-refractivity contribution is 5.88. The third-order valence-corrected chi connectivity index (χ3v) is 8.08. The molecule has 2 aliphatic rings. The fraction of sp³-hybridized carbons (Fsp3) is 0.630. The van der Waals surface area contributed by atoms with Crippen molar-refractivity contribution in [3.63, 3.8) is 0 Å². The van der Waals surface area contributed by atoms with Crippen molar-refractivity contribution in [1.29, 1.82) is 0 Å². The van der Waals surface area contributed by atoms with Gasteiger partial charge in [-0.3, -0.25) is 9.59 Å². The molecule has 210 valence electrons. The Morgan fingerprint density at radius 3 is 2.26 bits per heavy atom. The fourth-order valence-electron chi connectivity index (χ4n) is 5.80. The average molecular weight is 534 g/mol. The number of fused-ring (bicyclic) bond motifs is 4. The predicted molar refractivity (Wildman–Crippen MR) is 139 cm³/mol. The number of aliphatic hydroxyl groups is 1. The van der Waals surface area contributed by atoms with Crippen molar-refractivity contribution in [2.24, 2.45) is 0 Å². The number of H-pyrrole nitrogens is 1. The van der Waals surface area contributed by atoms with Crippen LogP contribution in [0.1, 0.15) is 76.0 Å². The van der Waals surface area contributed by atoms with Crippen LogP contribution in [0.3, 0.4) is 0 Å². The summed E-state index contributed by atoms with van der Waals surface area (Å²) in [5, 5.41) is 35.1. The summed E-state index contributed by atoms with van der Waals surface area (Å²) in [4.78, 5) is 41.1. The number of aromatic nitrogens is 2. The summed E-state index contributed by atoms with van der Waals surface area (Å²) in [5.41, 5.74) is 1.26.